The summed E-state index contributed by atoms with van der Waals surface area (Å²) in [5.74, 6) is 5.55. The minimum Gasteiger partial charge on any atom is -0.489 e. The quantitative estimate of drug-likeness (QED) is 0.164. The smallest absolute Gasteiger partial charge is 0.146 e. The van der Waals surface area contributed by atoms with Crippen molar-refractivity contribution in [3.63, 3.8) is 0 Å². The Balaban J connectivity index is 2.10. The summed E-state index contributed by atoms with van der Waals surface area (Å²) in [6.45, 7) is 42.4. The highest BCUT2D eigenvalue weighted by Crippen LogP contribution is 2.41. The lowest BCUT2D eigenvalue weighted by Gasteiger charge is -2.38. The van der Waals surface area contributed by atoms with E-state index < -0.39 is 8.07 Å². The fourth-order valence-corrected chi connectivity index (χ4v) is 12.3. The summed E-state index contributed by atoms with van der Waals surface area (Å²) in [7, 11) is -1.91. The Labute approximate surface area is 309 Å². The number of benzene rings is 3. The van der Waals surface area contributed by atoms with Crippen molar-refractivity contribution in [3.05, 3.63) is 93.5 Å². The molecule has 0 aliphatic heterocycles. The fraction of sp³-hybridized carbons (Fsp3) is 0.574. The van der Waals surface area contributed by atoms with Crippen LogP contribution < -0.4 is 9.47 Å². The molecule has 0 saturated heterocycles. The van der Waals surface area contributed by atoms with E-state index in [1.165, 1.54) is 22.3 Å². The molecule has 0 aliphatic rings. The molecule has 3 aromatic rings. The van der Waals surface area contributed by atoms with Crippen LogP contribution in [-0.4, -0.2) is 8.07 Å². The molecule has 3 rings (SSSR count). The van der Waals surface area contributed by atoms with Gasteiger partial charge in [0.1, 0.15) is 32.8 Å². The Bertz CT molecular complexity index is 1480. The molecule has 0 atom stereocenters. The van der Waals surface area contributed by atoms with Gasteiger partial charge in [0.25, 0.3) is 0 Å². The number of ether oxygens (including phenoxy) is 2. The Kier molecular flexibility index (Phi) is 12.7. The van der Waals surface area contributed by atoms with E-state index in [4.69, 9.17) is 9.47 Å². The molecule has 0 fully saturated rings. The molecule has 0 unspecified atom stereocenters. The maximum absolute atomic E-state index is 6.62. The van der Waals surface area contributed by atoms with Crippen LogP contribution in [0.1, 0.15) is 164 Å². The molecule has 3 heteroatoms. The lowest BCUT2D eigenvalue weighted by atomic mass is 9.80. The molecule has 0 bridgehead atoms. The van der Waals surface area contributed by atoms with E-state index in [2.05, 4.69) is 191 Å². The maximum Gasteiger partial charge on any atom is 0.146 e. The zero-order valence-electron chi connectivity index (χ0n) is 35.2. The van der Waals surface area contributed by atoms with Crippen LogP contribution in [0.2, 0.25) is 16.6 Å². The van der Waals surface area contributed by atoms with E-state index in [0.717, 1.165) is 28.2 Å². The van der Waals surface area contributed by atoms with Crippen molar-refractivity contribution in [1.82, 2.24) is 0 Å². The highest BCUT2D eigenvalue weighted by molar-refractivity contribution is 6.90. The minimum atomic E-state index is -1.91. The van der Waals surface area contributed by atoms with Crippen molar-refractivity contribution in [2.24, 2.45) is 0 Å². The van der Waals surface area contributed by atoms with Gasteiger partial charge in [-0.25, -0.2) is 0 Å². The molecular weight excluding hydrogens is 625 g/mol. The lowest BCUT2D eigenvalue weighted by Crippen LogP contribution is -2.43. The van der Waals surface area contributed by atoms with Gasteiger partial charge in [0.05, 0.1) is 0 Å². The first-order chi connectivity index (χ1) is 22.7. The number of rotatable bonds is 9. The second kappa shape index (κ2) is 15.3. The van der Waals surface area contributed by atoms with Crippen LogP contribution in [-0.2, 0) is 34.9 Å². The van der Waals surface area contributed by atoms with Crippen molar-refractivity contribution in [1.29, 1.82) is 0 Å². The summed E-state index contributed by atoms with van der Waals surface area (Å²) < 4.78 is 13.2. The standard InChI is InChI=1S/C47H70O2Si/c1-32(2)50(33(3)4,34(5)6)20-19-35-21-36(30-48-42-26-38(44(7,8)9)24-39(27-42)45(10,11)12)23-37(22-35)31-49-43-28-40(46(13,14)15)25-41(29-43)47(16,17)18/h21-29,32-34H,30-31H2,1-18H3. The van der Waals surface area contributed by atoms with E-state index in [-0.39, 0.29) is 21.7 Å². The van der Waals surface area contributed by atoms with Gasteiger partial charge in [0, 0.05) is 5.56 Å². The van der Waals surface area contributed by atoms with Crippen LogP contribution in [0.4, 0.5) is 0 Å². The average Bonchev–Trinajstić information content (AvgIpc) is 2.96. The van der Waals surface area contributed by atoms with Gasteiger partial charge in [-0.15, -0.1) is 5.54 Å². The van der Waals surface area contributed by atoms with E-state index in [9.17, 15) is 0 Å². The minimum absolute atomic E-state index is 0.0240. The first-order valence-electron chi connectivity index (χ1n) is 19.0. The van der Waals surface area contributed by atoms with Crippen LogP contribution in [0.3, 0.4) is 0 Å². The van der Waals surface area contributed by atoms with Gasteiger partial charge in [-0.05, 0) is 114 Å². The second-order valence-corrected chi connectivity index (χ2v) is 25.3. The molecule has 274 valence electrons. The third-order valence-electron chi connectivity index (χ3n) is 10.4. The molecule has 0 spiro atoms. The van der Waals surface area contributed by atoms with Crippen molar-refractivity contribution in [3.8, 4) is 23.0 Å². The second-order valence-electron chi connectivity index (χ2n) is 19.8. The summed E-state index contributed by atoms with van der Waals surface area (Å²) in [6.07, 6.45) is 0. The highest BCUT2D eigenvalue weighted by atomic mass is 28.3. The molecule has 0 radical (unpaired) electrons. The van der Waals surface area contributed by atoms with Crippen molar-refractivity contribution in [2.75, 3.05) is 0 Å². The SMILES string of the molecule is CC(C)[Si](C#Cc1cc(COc2cc(C(C)(C)C)cc(C(C)(C)C)c2)cc(COc2cc(C(C)(C)C)cc(C(C)(C)C)c2)c1)(C(C)C)C(C)C. The van der Waals surface area contributed by atoms with Gasteiger partial charge >= 0.3 is 0 Å². The first kappa shape index (κ1) is 41.5. The van der Waals surface area contributed by atoms with Gasteiger partial charge in [0.15, 0.2) is 0 Å². The predicted molar refractivity (Wildman–Crippen MR) is 221 cm³/mol. The summed E-state index contributed by atoms with van der Waals surface area (Å²) in [5, 5.41) is 0. The summed E-state index contributed by atoms with van der Waals surface area (Å²) in [6, 6.07) is 20.2. The molecule has 0 amide bonds. The molecular formula is C47H70O2Si. The zero-order chi connectivity index (χ0) is 38.0. The Hall–Kier alpha value is -2.96. The summed E-state index contributed by atoms with van der Waals surface area (Å²) >= 11 is 0. The highest BCUT2D eigenvalue weighted by Gasteiger charge is 2.41. The molecule has 0 aromatic heterocycles. The monoisotopic (exact) mass is 695 g/mol. The van der Waals surface area contributed by atoms with Crippen molar-refractivity contribution in [2.45, 2.75) is 176 Å². The fourth-order valence-electron chi connectivity index (χ4n) is 7.05. The van der Waals surface area contributed by atoms with E-state index in [1.807, 2.05) is 0 Å². The summed E-state index contributed by atoms with van der Waals surface area (Å²) in [4.78, 5) is 0. The lowest BCUT2D eigenvalue weighted by molar-refractivity contribution is 0.298. The first-order valence-corrected chi connectivity index (χ1v) is 21.2. The maximum atomic E-state index is 6.62. The predicted octanol–water partition coefficient (Wildman–Crippen LogP) is 13.6. The average molecular weight is 695 g/mol. The Morgan fingerprint density at radius 1 is 0.460 bits per heavy atom. The normalized spacial score (nSPS) is 13.1. The van der Waals surface area contributed by atoms with E-state index in [0.29, 0.717) is 29.8 Å². The molecule has 2 nitrogen and oxygen atoms in total. The number of hydrogen-bond acceptors (Lipinski definition) is 2. The van der Waals surface area contributed by atoms with E-state index in [1.54, 1.807) is 0 Å². The zero-order valence-corrected chi connectivity index (χ0v) is 36.2. The molecule has 3 aromatic carbocycles. The van der Waals surface area contributed by atoms with Crippen LogP contribution in [0.15, 0.2) is 54.6 Å². The van der Waals surface area contributed by atoms with Gasteiger partial charge in [-0.3, -0.25) is 0 Å². The summed E-state index contributed by atoms with van der Waals surface area (Å²) in [5.41, 5.74) is 14.2. The molecule has 0 saturated carbocycles. The van der Waals surface area contributed by atoms with E-state index >= 15 is 0 Å². The number of hydrogen-bond donors (Lipinski definition) is 0. The van der Waals surface area contributed by atoms with Crippen LogP contribution in [0, 0.1) is 11.5 Å². The largest absolute Gasteiger partial charge is 0.489 e. The van der Waals surface area contributed by atoms with Crippen LogP contribution in [0.25, 0.3) is 0 Å². The van der Waals surface area contributed by atoms with Crippen LogP contribution in [0.5, 0.6) is 11.5 Å². The van der Waals surface area contributed by atoms with Gasteiger partial charge in [-0.2, -0.15) is 0 Å². The molecule has 50 heavy (non-hydrogen) atoms. The third-order valence-corrected chi connectivity index (χ3v) is 16.7. The molecule has 0 N–H and O–H groups in total. The van der Waals surface area contributed by atoms with Crippen molar-refractivity contribution < 1.29 is 9.47 Å². The molecule has 0 aliphatic carbocycles. The van der Waals surface area contributed by atoms with Crippen LogP contribution >= 0.6 is 0 Å². The van der Waals surface area contributed by atoms with Gasteiger partial charge in [-0.1, -0.05) is 143 Å². The van der Waals surface area contributed by atoms with Crippen molar-refractivity contribution >= 4 is 8.07 Å². The Morgan fingerprint density at radius 3 is 1.02 bits per heavy atom. The Morgan fingerprint density at radius 2 is 0.760 bits per heavy atom. The topological polar surface area (TPSA) is 18.5 Å². The van der Waals surface area contributed by atoms with Gasteiger partial charge < -0.3 is 9.47 Å². The van der Waals surface area contributed by atoms with Gasteiger partial charge in [0.2, 0.25) is 0 Å². The molecule has 0 heterocycles. The third kappa shape index (κ3) is 10.5.